The van der Waals surface area contributed by atoms with Crippen LogP contribution in [-0.4, -0.2) is 38.0 Å². The largest absolute Gasteiger partial charge is 0.457 e. The molecule has 2 aromatic carbocycles. The van der Waals surface area contributed by atoms with E-state index in [1.165, 1.54) is 6.08 Å². The summed E-state index contributed by atoms with van der Waals surface area (Å²) in [6.07, 6.45) is 4.50. The van der Waals surface area contributed by atoms with E-state index in [4.69, 9.17) is 10.5 Å². The SMILES string of the molecule is C=CC(=O)N1CCC[C@@H](n2c(=O)n(-c3ccc(Oc4ccccc4)cc3)c3c(N)nccc32)C1.Cl. The molecule has 9 heteroatoms. The molecular weight excluding hydrogens is 466 g/mol. The molecule has 0 saturated carbocycles. The van der Waals surface area contributed by atoms with Crippen molar-refractivity contribution in [2.75, 3.05) is 18.8 Å². The molecule has 1 atom stereocenters. The second kappa shape index (κ2) is 10.1. The van der Waals surface area contributed by atoms with Crippen molar-refractivity contribution in [1.82, 2.24) is 19.0 Å². The zero-order valence-electron chi connectivity index (χ0n) is 19.0. The number of nitrogens with two attached hydrogens (primary N) is 1. The van der Waals surface area contributed by atoms with Gasteiger partial charge in [-0.1, -0.05) is 24.8 Å². The van der Waals surface area contributed by atoms with Crippen molar-refractivity contribution in [2.45, 2.75) is 18.9 Å². The molecule has 180 valence electrons. The third-order valence-corrected chi connectivity index (χ3v) is 6.13. The van der Waals surface area contributed by atoms with Crippen LogP contribution >= 0.6 is 12.4 Å². The van der Waals surface area contributed by atoms with E-state index in [-0.39, 0.29) is 35.9 Å². The fourth-order valence-electron chi connectivity index (χ4n) is 4.56. The number of hydrogen-bond donors (Lipinski definition) is 1. The van der Waals surface area contributed by atoms with Gasteiger partial charge in [-0.25, -0.2) is 9.78 Å². The van der Waals surface area contributed by atoms with E-state index in [1.807, 2.05) is 54.6 Å². The zero-order chi connectivity index (χ0) is 23.7. The average molecular weight is 492 g/mol. The smallest absolute Gasteiger partial charge is 0.334 e. The molecule has 5 rings (SSSR count). The van der Waals surface area contributed by atoms with Crippen LogP contribution in [0.1, 0.15) is 18.9 Å². The molecule has 1 aliphatic heterocycles. The van der Waals surface area contributed by atoms with Gasteiger partial charge in [0.2, 0.25) is 5.91 Å². The number of ether oxygens (including phenoxy) is 1. The molecular formula is C26H26ClN5O3. The predicted molar refractivity (Wildman–Crippen MR) is 139 cm³/mol. The number of imidazole rings is 1. The molecule has 3 heterocycles. The summed E-state index contributed by atoms with van der Waals surface area (Å²) in [5, 5.41) is 0. The number of piperidine rings is 1. The number of fused-ring (bicyclic) bond motifs is 1. The number of likely N-dealkylation sites (tertiary alicyclic amines) is 1. The van der Waals surface area contributed by atoms with Gasteiger partial charge in [-0.15, -0.1) is 12.4 Å². The van der Waals surface area contributed by atoms with Gasteiger partial charge < -0.3 is 15.4 Å². The van der Waals surface area contributed by atoms with Gasteiger partial charge in [0.25, 0.3) is 0 Å². The first-order valence-electron chi connectivity index (χ1n) is 11.2. The molecule has 1 fully saturated rings. The minimum atomic E-state index is -0.218. The van der Waals surface area contributed by atoms with Gasteiger partial charge in [0.1, 0.15) is 22.8 Å². The first-order valence-corrected chi connectivity index (χ1v) is 11.2. The van der Waals surface area contributed by atoms with Crippen LogP contribution in [0.5, 0.6) is 11.5 Å². The Bertz CT molecular complexity index is 1410. The van der Waals surface area contributed by atoms with Crippen LogP contribution in [0.2, 0.25) is 0 Å². The Balaban J connectivity index is 0.00000289. The lowest BCUT2D eigenvalue weighted by Crippen LogP contribution is -2.42. The maximum absolute atomic E-state index is 13.8. The van der Waals surface area contributed by atoms with Crippen molar-refractivity contribution in [2.24, 2.45) is 0 Å². The summed E-state index contributed by atoms with van der Waals surface area (Å²) < 4.78 is 9.20. The number of carbonyl (C=O) groups is 1. The highest BCUT2D eigenvalue weighted by Gasteiger charge is 2.28. The normalized spacial score (nSPS) is 15.4. The van der Waals surface area contributed by atoms with E-state index in [0.29, 0.717) is 35.6 Å². The highest BCUT2D eigenvalue weighted by molar-refractivity contribution is 5.88. The molecule has 0 aliphatic carbocycles. The van der Waals surface area contributed by atoms with E-state index in [1.54, 1.807) is 26.3 Å². The first kappa shape index (κ1) is 24.1. The molecule has 1 amide bonds. The summed E-state index contributed by atoms with van der Waals surface area (Å²) in [7, 11) is 0. The van der Waals surface area contributed by atoms with Crippen LogP contribution in [0.15, 0.2) is 84.3 Å². The number of anilines is 1. The van der Waals surface area contributed by atoms with Crippen LogP contribution in [-0.2, 0) is 4.79 Å². The second-order valence-electron chi connectivity index (χ2n) is 8.25. The summed E-state index contributed by atoms with van der Waals surface area (Å²) >= 11 is 0. The number of halogens is 1. The van der Waals surface area contributed by atoms with Crippen LogP contribution in [0.3, 0.4) is 0 Å². The Morgan fingerprint density at radius 1 is 1.09 bits per heavy atom. The van der Waals surface area contributed by atoms with Gasteiger partial charge in [-0.2, -0.15) is 0 Å². The van der Waals surface area contributed by atoms with Crippen molar-refractivity contribution in [3.63, 3.8) is 0 Å². The Hall–Kier alpha value is -4.04. The monoisotopic (exact) mass is 491 g/mol. The molecule has 0 spiro atoms. The molecule has 8 nitrogen and oxygen atoms in total. The quantitative estimate of drug-likeness (QED) is 0.419. The lowest BCUT2D eigenvalue weighted by atomic mass is 10.1. The molecule has 35 heavy (non-hydrogen) atoms. The number of aromatic nitrogens is 3. The summed E-state index contributed by atoms with van der Waals surface area (Å²) in [6.45, 7) is 4.69. The van der Waals surface area contributed by atoms with E-state index < -0.39 is 0 Å². The van der Waals surface area contributed by atoms with Crippen molar-refractivity contribution >= 4 is 35.2 Å². The van der Waals surface area contributed by atoms with E-state index >= 15 is 0 Å². The zero-order valence-corrected chi connectivity index (χ0v) is 19.9. The van der Waals surface area contributed by atoms with Gasteiger partial charge in [0.05, 0.1) is 17.2 Å². The number of para-hydroxylation sites is 1. The topological polar surface area (TPSA) is 95.4 Å². The lowest BCUT2D eigenvalue weighted by molar-refractivity contribution is -0.127. The number of benzene rings is 2. The number of nitrogens with zero attached hydrogens (tertiary/aromatic N) is 4. The molecule has 2 aromatic heterocycles. The van der Waals surface area contributed by atoms with Crippen LogP contribution < -0.4 is 16.2 Å². The number of amides is 1. The van der Waals surface area contributed by atoms with E-state index in [9.17, 15) is 9.59 Å². The molecule has 2 N–H and O–H groups in total. The average Bonchev–Trinajstić information content (AvgIpc) is 3.17. The lowest BCUT2D eigenvalue weighted by Gasteiger charge is -2.32. The molecule has 0 bridgehead atoms. The van der Waals surface area contributed by atoms with Crippen molar-refractivity contribution in [3.8, 4) is 17.2 Å². The van der Waals surface area contributed by atoms with Crippen molar-refractivity contribution in [1.29, 1.82) is 0 Å². The Morgan fingerprint density at radius 3 is 2.51 bits per heavy atom. The molecule has 4 aromatic rings. The standard InChI is InChI=1S/C26H25N5O3.ClH/c1-2-23(32)29-16-6-7-19(17-29)30-22-14-15-28-25(27)24(22)31(26(30)33)18-10-12-21(13-11-18)34-20-8-4-3-5-9-20;/h2-5,8-15,19H,1,6-7,16-17H2,(H2,27,28);1H/t19-;/m1./s1. The predicted octanol–water partition coefficient (Wildman–Crippen LogP) is 4.33. The minimum Gasteiger partial charge on any atom is -0.457 e. The summed E-state index contributed by atoms with van der Waals surface area (Å²) in [4.78, 5) is 31.9. The van der Waals surface area contributed by atoms with Gasteiger partial charge in [-0.3, -0.25) is 13.9 Å². The van der Waals surface area contributed by atoms with E-state index in [2.05, 4.69) is 11.6 Å². The highest BCUT2D eigenvalue weighted by atomic mass is 35.5. The Kier molecular flexibility index (Phi) is 6.93. The third-order valence-electron chi connectivity index (χ3n) is 6.13. The summed E-state index contributed by atoms with van der Waals surface area (Å²) in [5.41, 5.74) is 7.93. The van der Waals surface area contributed by atoms with Crippen LogP contribution in [0.4, 0.5) is 5.82 Å². The number of rotatable bonds is 5. The van der Waals surface area contributed by atoms with Gasteiger partial charge in [-0.05, 0) is 61.4 Å². The van der Waals surface area contributed by atoms with Crippen molar-refractivity contribution < 1.29 is 9.53 Å². The van der Waals surface area contributed by atoms with Crippen LogP contribution in [0.25, 0.3) is 16.7 Å². The van der Waals surface area contributed by atoms with E-state index in [0.717, 1.165) is 18.6 Å². The fourth-order valence-corrected chi connectivity index (χ4v) is 4.56. The van der Waals surface area contributed by atoms with Gasteiger partial charge in [0, 0.05) is 19.3 Å². The fraction of sp³-hybridized carbons (Fsp3) is 0.192. The minimum absolute atomic E-state index is 0. The number of nitrogen functional groups attached to an aromatic ring is 1. The molecule has 1 saturated heterocycles. The number of hydrogen-bond acceptors (Lipinski definition) is 5. The molecule has 0 radical (unpaired) electrons. The number of pyridine rings is 1. The number of carbonyl (C=O) groups excluding carboxylic acids is 1. The van der Waals surface area contributed by atoms with Crippen LogP contribution in [0, 0.1) is 0 Å². The Labute approximate surface area is 208 Å². The highest BCUT2D eigenvalue weighted by Crippen LogP contribution is 2.29. The summed E-state index contributed by atoms with van der Waals surface area (Å²) in [5.74, 6) is 1.53. The molecule has 0 unspecified atom stereocenters. The van der Waals surface area contributed by atoms with Gasteiger partial charge in [0.15, 0.2) is 0 Å². The first-order chi connectivity index (χ1) is 16.6. The second-order valence-corrected chi connectivity index (χ2v) is 8.25. The maximum atomic E-state index is 13.8. The third kappa shape index (κ3) is 4.52. The summed E-state index contributed by atoms with van der Waals surface area (Å²) in [6, 6.07) is 18.4. The maximum Gasteiger partial charge on any atom is 0.334 e. The Morgan fingerprint density at radius 2 is 1.80 bits per heavy atom. The van der Waals surface area contributed by atoms with Gasteiger partial charge >= 0.3 is 5.69 Å². The molecule has 1 aliphatic rings. The van der Waals surface area contributed by atoms with Crippen molar-refractivity contribution in [3.05, 3.63) is 90.0 Å².